The summed E-state index contributed by atoms with van der Waals surface area (Å²) in [6, 6.07) is 12.8. The van der Waals surface area contributed by atoms with Crippen LogP contribution in [-0.2, 0) is 11.2 Å². The lowest BCUT2D eigenvalue weighted by molar-refractivity contribution is -0.130. The summed E-state index contributed by atoms with van der Waals surface area (Å²) in [5.74, 6) is 0.449. The number of fused-ring (bicyclic) bond motifs is 1. The molecule has 2 aromatic carbocycles. The molecule has 178 valence electrons. The number of ketones is 1. The number of allylic oxidation sites excluding steroid dienone is 1. The highest BCUT2D eigenvalue weighted by atomic mass is 16.5. The van der Waals surface area contributed by atoms with E-state index in [2.05, 4.69) is 19.2 Å². The van der Waals surface area contributed by atoms with E-state index < -0.39 is 0 Å². The molecule has 0 saturated carbocycles. The van der Waals surface area contributed by atoms with Gasteiger partial charge in [-0.15, -0.1) is 0 Å². The first-order valence-electron chi connectivity index (χ1n) is 11.5. The van der Waals surface area contributed by atoms with Crippen molar-refractivity contribution in [1.29, 1.82) is 0 Å². The minimum Gasteiger partial charge on any atom is -0.497 e. The Labute approximate surface area is 200 Å². The first kappa shape index (κ1) is 23.5. The number of hydrogen-bond acceptors (Lipinski definition) is 5. The summed E-state index contributed by atoms with van der Waals surface area (Å²) in [5.41, 5.74) is 3.56. The third-order valence-corrected chi connectivity index (χ3v) is 6.39. The van der Waals surface area contributed by atoms with E-state index in [1.807, 2.05) is 18.2 Å². The largest absolute Gasteiger partial charge is 0.497 e. The van der Waals surface area contributed by atoms with E-state index in [9.17, 15) is 14.4 Å². The van der Waals surface area contributed by atoms with Gasteiger partial charge in [0, 0.05) is 67.1 Å². The molecular formula is C27H31N3O4. The lowest BCUT2D eigenvalue weighted by Crippen LogP contribution is -2.50. The Morgan fingerprint density at radius 1 is 0.971 bits per heavy atom. The number of hydrogen-bond donors (Lipinski definition) is 1. The molecule has 7 heteroatoms. The smallest absolute Gasteiger partial charge is 0.253 e. The molecule has 0 radical (unpaired) electrons. The normalized spacial score (nSPS) is 18.2. The molecule has 0 spiro atoms. The van der Waals surface area contributed by atoms with Gasteiger partial charge < -0.3 is 19.9 Å². The van der Waals surface area contributed by atoms with Crippen LogP contribution in [0.5, 0.6) is 5.75 Å². The molecular weight excluding hydrogens is 430 g/mol. The molecule has 1 fully saturated rings. The van der Waals surface area contributed by atoms with Crippen molar-refractivity contribution >= 4 is 23.3 Å². The predicted molar refractivity (Wildman–Crippen MR) is 131 cm³/mol. The van der Waals surface area contributed by atoms with Gasteiger partial charge in [0.2, 0.25) is 5.91 Å². The molecule has 1 saturated heterocycles. The second-order valence-corrected chi connectivity index (χ2v) is 9.51. The van der Waals surface area contributed by atoms with E-state index in [4.69, 9.17) is 4.74 Å². The number of ether oxygens (including phenoxy) is 1. The third-order valence-electron chi connectivity index (χ3n) is 6.39. The second kappa shape index (κ2) is 9.33. The minimum absolute atomic E-state index is 0.0198. The van der Waals surface area contributed by atoms with Crippen LogP contribution in [0.2, 0.25) is 0 Å². The first-order valence-corrected chi connectivity index (χ1v) is 11.5. The summed E-state index contributed by atoms with van der Waals surface area (Å²) >= 11 is 0. The maximum absolute atomic E-state index is 13.2. The van der Waals surface area contributed by atoms with E-state index in [1.54, 1.807) is 47.3 Å². The van der Waals surface area contributed by atoms with Gasteiger partial charge in [-0.3, -0.25) is 14.4 Å². The Morgan fingerprint density at radius 3 is 2.32 bits per heavy atom. The van der Waals surface area contributed by atoms with Crippen LogP contribution in [0.1, 0.15) is 52.6 Å². The van der Waals surface area contributed by atoms with Gasteiger partial charge in [0.05, 0.1) is 7.11 Å². The summed E-state index contributed by atoms with van der Waals surface area (Å²) in [7, 11) is 1.62. The minimum atomic E-state index is -0.201. The summed E-state index contributed by atoms with van der Waals surface area (Å²) in [5, 5.41) is 3.48. The molecule has 0 bridgehead atoms. The van der Waals surface area contributed by atoms with Crippen LogP contribution in [0.3, 0.4) is 0 Å². The van der Waals surface area contributed by atoms with E-state index in [-0.39, 0.29) is 23.1 Å². The average molecular weight is 462 g/mol. The molecule has 4 rings (SSSR count). The number of carbonyl (C=O) groups excluding carboxylic acids is 3. The summed E-state index contributed by atoms with van der Waals surface area (Å²) < 4.78 is 5.39. The van der Waals surface area contributed by atoms with Crippen molar-refractivity contribution in [2.24, 2.45) is 0 Å². The third kappa shape index (κ3) is 4.98. The van der Waals surface area contributed by atoms with Crippen LogP contribution in [-0.4, -0.2) is 66.2 Å². The van der Waals surface area contributed by atoms with Crippen LogP contribution in [0.25, 0.3) is 5.70 Å². The highest BCUT2D eigenvalue weighted by Gasteiger charge is 2.29. The molecule has 34 heavy (non-hydrogen) atoms. The van der Waals surface area contributed by atoms with Crippen molar-refractivity contribution in [2.75, 3.05) is 33.3 Å². The van der Waals surface area contributed by atoms with Crippen LogP contribution in [0, 0.1) is 0 Å². The van der Waals surface area contributed by atoms with Crippen molar-refractivity contribution in [3.05, 3.63) is 70.8 Å². The molecule has 2 aliphatic rings. The SMILES string of the molecule is COc1ccc2c(c1)/C(=C/C(=O)c1cccc(C(=O)N3CCN(C(C)=O)CC3)c1)NC(C)(C)C2. The van der Waals surface area contributed by atoms with Crippen molar-refractivity contribution in [2.45, 2.75) is 32.7 Å². The van der Waals surface area contributed by atoms with Crippen molar-refractivity contribution < 1.29 is 19.1 Å². The zero-order chi connectivity index (χ0) is 24.5. The van der Waals surface area contributed by atoms with Crippen LogP contribution < -0.4 is 10.1 Å². The fourth-order valence-electron chi connectivity index (χ4n) is 4.58. The number of piperazine rings is 1. The van der Waals surface area contributed by atoms with Crippen LogP contribution in [0.15, 0.2) is 48.5 Å². The van der Waals surface area contributed by atoms with Gasteiger partial charge in [0.15, 0.2) is 5.78 Å². The first-order chi connectivity index (χ1) is 16.2. The number of nitrogens with zero attached hydrogens (tertiary/aromatic N) is 2. The van der Waals surface area contributed by atoms with Gasteiger partial charge in [-0.05, 0) is 50.1 Å². The lowest BCUT2D eigenvalue weighted by Gasteiger charge is -2.35. The van der Waals surface area contributed by atoms with Gasteiger partial charge in [-0.25, -0.2) is 0 Å². The molecule has 2 heterocycles. The molecule has 2 aromatic rings. The fraction of sp³-hybridized carbons (Fsp3) is 0.370. The van der Waals surface area contributed by atoms with Crippen LogP contribution in [0.4, 0.5) is 0 Å². The monoisotopic (exact) mass is 461 g/mol. The second-order valence-electron chi connectivity index (χ2n) is 9.51. The van der Waals surface area contributed by atoms with Crippen LogP contribution >= 0.6 is 0 Å². The predicted octanol–water partition coefficient (Wildman–Crippen LogP) is 3.15. The number of methoxy groups -OCH3 is 1. The highest BCUT2D eigenvalue weighted by molar-refractivity contribution is 6.10. The Bertz CT molecular complexity index is 1160. The summed E-state index contributed by atoms with van der Waals surface area (Å²) in [4.78, 5) is 41.3. The molecule has 0 aromatic heterocycles. The van der Waals surface area contributed by atoms with Gasteiger partial charge >= 0.3 is 0 Å². The zero-order valence-electron chi connectivity index (χ0n) is 20.2. The number of benzene rings is 2. The van der Waals surface area contributed by atoms with Crippen molar-refractivity contribution in [3.8, 4) is 5.75 Å². The molecule has 7 nitrogen and oxygen atoms in total. The van der Waals surface area contributed by atoms with E-state index in [0.29, 0.717) is 37.3 Å². The Kier molecular flexibility index (Phi) is 6.46. The van der Waals surface area contributed by atoms with Crippen molar-refractivity contribution in [3.63, 3.8) is 0 Å². The van der Waals surface area contributed by atoms with E-state index in [1.165, 1.54) is 6.92 Å². The van der Waals surface area contributed by atoms with E-state index in [0.717, 1.165) is 29.0 Å². The van der Waals surface area contributed by atoms with Gasteiger partial charge in [0.1, 0.15) is 5.75 Å². The summed E-state index contributed by atoms with van der Waals surface area (Å²) in [6.45, 7) is 7.76. The molecule has 1 N–H and O–H groups in total. The Balaban J connectivity index is 1.57. The quantitative estimate of drug-likeness (QED) is 0.559. The number of rotatable bonds is 4. The molecule has 0 atom stereocenters. The summed E-state index contributed by atoms with van der Waals surface area (Å²) in [6.07, 6.45) is 2.44. The maximum atomic E-state index is 13.2. The zero-order valence-corrected chi connectivity index (χ0v) is 20.2. The van der Waals surface area contributed by atoms with Gasteiger partial charge in [-0.1, -0.05) is 18.2 Å². The fourth-order valence-corrected chi connectivity index (χ4v) is 4.58. The Hall–Kier alpha value is -3.61. The molecule has 2 amide bonds. The number of carbonyl (C=O) groups is 3. The topological polar surface area (TPSA) is 79.0 Å². The molecule has 0 unspecified atom stereocenters. The molecule has 2 aliphatic heterocycles. The standard InChI is InChI=1S/C27H31N3O4/c1-18(31)29-10-12-30(13-11-29)26(33)20-7-5-6-19(14-20)25(32)16-24-23-15-22(34-4)9-8-21(23)17-27(2,3)28-24/h5-9,14-16,28H,10-13,17H2,1-4H3/b24-16-. The lowest BCUT2D eigenvalue weighted by atomic mass is 9.85. The van der Waals surface area contributed by atoms with Gasteiger partial charge in [0.25, 0.3) is 5.91 Å². The molecule has 0 aliphatic carbocycles. The Morgan fingerprint density at radius 2 is 1.65 bits per heavy atom. The number of nitrogens with one attached hydrogen (secondary N) is 1. The maximum Gasteiger partial charge on any atom is 0.253 e. The number of amides is 2. The van der Waals surface area contributed by atoms with Crippen molar-refractivity contribution in [1.82, 2.24) is 15.1 Å². The van der Waals surface area contributed by atoms with E-state index >= 15 is 0 Å². The average Bonchev–Trinajstić information content (AvgIpc) is 2.82. The van der Waals surface area contributed by atoms with Gasteiger partial charge in [-0.2, -0.15) is 0 Å². The highest BCUT2D eigenvalue weighted by Crippen LogP contribution is 2.32.